The van der Waals surface area contributed by atoms with Crippen molar-refractivity contribution in [2.24, 2.45) is 5.10 Å². The summed E-state index contributed by atoms with van der Waals surface area (Å²) in [4.78, 5) is 2.58. The SMILES string of the molecule is CC1CCCC(C)N1N=Cc1ccc(CNCCCN2CCCC2)cc1. The Hall–Kier alpha value is -1.39. The lowest BCUT2D eigenvalue weighted by atomic mass is 10.00. The van der Waals surface area contributed by atoms with Gasteiger partial charge in [-0.2, -0.15) is 5.10 Å². The molecule has 0 amide bonds. The molecule has 1 aromatic rings. The summed E-state index contributed by atoms with van der Waals surface area (Å²) in [5.41, 5.74) is 2.54. The topological polar surface area (TPSA) is 30.9 Å². The summed E-state index contributed by atoms with van der Waals surface area (Å²) >= 11 is 0. The van der Waals surface area contributed by atoms with Crippen LogP contribution in [0.25, 0.3) is 0 Å². The Morgan fingerprint density at radius 2 is 1.73 bits per heavy atom. The summed E-state index contributed by atoms with van der Waals surface area (Å²) in [6.07, 6.45) is 9.88. The van der Waals surface area contributed by atoms with E-state index < -0.39 is 0 Å². The molecule has 144 valence electrons. The molecule has 2 aliphatic heterocycles. The molecule has 0 saturated carbocycles. The highest BCUT2D eigenvalue weighted by atomic mass is 15.5. The van der Waals surface area contributed by atoms with Crippen molar-refractivity contribution in [3.05, 3.63) is 35.4 Å². The maximum atomic E-state index is 4.76. The van der Waals surface area contributed by atoms with Crippen LogP contribution < -0.4 is 5.32 Å². The fraction of sp³-hybridized carbons (Fsp3) is 0.682. The zero-order valence-electron chi connectivity index (χ0n) is 16.7. The predicted molar refractivity (Wildman–Crippen MR) is 111 cm³/mol. The summed E-state index contributed by atoms with van der Waals surface area (Å²) in [5.74, 6) is 0. The fourth-order valence-corrected chi connectivity index (χ4v) is 4.16. The first kappa shape index (κ1) is 19.4. The molecule has 2 atom stereocenters. The third kappa shape index (κ3) is 5.82. The largest absolute Gasteiger partial charge is 0.313 e. The first-order valence-corrected chi connectivity index (χ1v) is 10.6. The maximum absolute atomic E-state index is 4.76. The highest BCUT2D eigenvalue weighted by Crippen LogP contribution is 2.22. The van der Waals surface area contributed by atoms with Crippen molar-refractivity contribution in [1.82, 2.24) is 15.2 Å². The molecule has 2 saturated heterocycles. The fourth-order valence-electron chi connectivity index (χ4n) is 4.16. The molecule has 1 aromatic carbocycles. The molecule has 26 heavy (non-hydrogen) atoms. The van der Waals surface area contributed by atoms with E-state index in [0.29, 0.717) is 12.1 Å². The van der Waals surface area contributed by atoms with E-state index in [4.69, 9.17) is 5.10 Å². The Morgan fingerprint density at radius 3 is 2.42 bits per heavy atom. The quantitative estimate of drug-likeness (QED) is 0.567. The van der Waals surface area contributed by atoms with E-state index in [1.54, 1.807) is 0 Å². The van der Waals surface area contributed by atoms with Gasteiger partial charge in [0.1, 0.15) is 0 Å². The number of piperidine rings is 1. The molecule has 4 nitrogen and oxygen atoms in total. The molecule has 4 heteroatoms. The lowest BCUT2D eigenvalue weighted by Gasteiger charge is -2.36. The number of nitrogens with zero attached hydrogens (tertiary/aromatic N) is 3. The zero-order valence-corrected chi connectivity index (χ0v) is 16.7. The van der Waals surface area contributed by atoms with Gasteiger partial charge in [-0.15, -0.1) is 0 Å². The second kappa shape index (κ2) is 10.1. The Balaban J connectivity index is 1.38. The molecular weight excluding hydrogens is 320 g/mol. The van der Waals surface area contributed by atoms with E-state index >= 15 is 0 Å². The smallest absolute Gasteiger partial charge is 0.0543 e. The van der Waals surface area contributed by atoms with E-state index in [1.807, 2.05) is 6.21 Å². The highest BCUT2D eigenvalue weighted by Gasteiger charge is 2.22. The molecule has 2 heterocycles. The van der Waals surface area contributed by atoms with Crippen molar-refractivity contribution in [3.63, 3.8) is 0 Å². The lowest BCUT2D eigenvalue weighted by Crippen LogP contribution is -2.39. The normalized spacial score (nSPS) is 24.6. The molecule has 0 bridgehead atoms. The van der Waals surface area contributed by atoms with Crippen molar-refractivity contribution in [3.8, 4) is 0 Å². The second-order valence-electron chi connectivity index (χ2n) is 8.07. The molecule has 0 aromatic heterocycles. The van der Waals surface area contributed by atoms with Crippen LogP contribution in [0.3, 0.4) is 0 Å². The molecule has 0 spiro atoms. The third-order valence-electron chi connectivity index (χ3n) is 5.82. The van der Waals surface area contributed by atoms with E-state index in [-0.39, 0.29) is 0 Å². The van der Waals surface area contributed by atoms with Gasteiger partial charge in [0.2, 0.25) is 0 Å². The minimum atomic E-state index is 0.555. The summed E-state index contributed by atoms with van der Waals surface area (Å²) in [6, 6.07) is 9.92. The molecule has 2 fully saturated rings. The van der Waals surface area contributed by atoms with Gasteiger partial charge in [0.05, 0.1) is 6.21 Å². The first-order valence-electron chi connectivity index (χ1n) is 10.6. The zero-order chi connectivity index (χ0) is 18.2. The van der Waals surface area contributed by atoms with E-state index in [1.165, 1.54) is 69.3 Å². The van der Waals surface area contributed by atoms with Crippen molar-refractivity contribution in [1.29, 1.82) is 0 Å². The number of hydrogen-bond donors (Lipinski definition) is 1. The minimum absolute atomic E-state index is 0.555. The van der Waals surface area contributed by atoms with Crippen molar-refractivity contribution >= 4 is 6.21 Å². The van der Waals surface area contributed by atoms with Crippen LogP contribution in [-0.2, 0) is 6.54 Å². The number of nitrogens with one attached hydrogen (secondary N) is 1. The van der Waals surface area contributed by atoms with Crippen LogP contribution in [0.5, 0.6) is 0 Å². The number of likely N-dealkylation sites (tertiary alicyclic amines) is 1. The molecule has 0 radical (unpaired) electrons. The summed E-state index contributed by atoms with van der Waals surface area (Å²) < 4.78 is 0. The highest BCUT2D eigenvalue weighted by molar-refractivity contribution is 5.79. The van der Waals surface area contributed by atoms with Gasteiger partial charge < -0.3 is 10.2 Å². The average molecular weight is 357 g/mol. The Bertz CT molecular complexity index is 538. The first-order chi connectivity index (χ1) is 12.7. The maximum Gasteiger partial charge on any atom is 0.0543 e. The molecule has 2 unspecified atom stereocenters. The van der Waals surface area contributed by atoms with Gasteiger partial charge in [-0.1, -0.05) is 24.3 Å². The summed E-state index contributed by atoms with van der Waals surface area (Å²) in [6.45, 7) is 10.5. The van der Waals surface area contributed by atoms with Gasteiger partial charge in [0.15, 0.2) is 0 Å². The van der Waals surface area contributed by atoms with Crippen LogP contribution in [0.1, 0.15) is 63.5 Å². The van der Waals surface area contributed by atoms with E-state index in [9.17, 15) is 0 Å². The monoisotopic (exact) mass is 356 g/mol. The van der Waals surface area contributed by atoms with Crippen molar-refractivity contribution in [2.45, 2.75) is 71.0 Å². The van der Waals surface area contributed by atoms with Crippen LogP contribution in [0.15, 0.2) is 29.4 Å². The van der Waals surface area contributed by atoms with Crippen LogP contribution in [-0.4, -0.2) is 54.4 Å². The summed E-state index contributed by atoms with van der Waals surface area (Å²) in [5, 5.41) is 10.6. The van der Waals surface area contributed by atoms with Crippen molar-refractivity contribution in [2.75, 3.05) is 26.2 Å². The van der Waals surface area contributed by atoms with Crippen LogP contribution >= 0.6 is 0 Å². The molecule has 0 aliphatic carbocycles. The molecule has 3 rings (SSSR count). The van der Waals surface area contributed by atoms with Gasteiger partial charge in [-0.3, -0.25) is 5.01 Å². The molecule has 1 N–H and O–H groups in total. The minimum Gasteiger partial charge on any atom is -0.313 e. The van der Waals surface area contributed by atoms with Gasteiger partial charge in [0, 0.05) is 18.6 Å². The number of hydrogen-bond acceptors (Lipinski definition) is 4. The Labute approximate surface area is 159 Å². The van der Waals surface area contributed by atoms with Crippen LogP contribution in [0, 0.1) is 0 Å². The van der Waals surface area contributed by atoms with E-state index in [0.717, 1.165) is 13.1 Å². The summed E-state index contributed by atoms with van der Waals surface area (Å²) in [7, 11) is 0. The number of rotatable bonds is 8. The molecular formula is C22H36N4. The number of hydrazone groups is 1. The van der Waals surface area contributed by atoms with Gasteiger partial charge >= 0.3 is 0 Å². The van der Waals surface area contributed by atoms with Crippen LogP contribution in [0.2, 0.25) is 0 Å². The standard InChI is InChI=1S/C22H36N4/c1-19-7-5-8-20(2)26(19)24-18-22-11-9-21(10-12-22)17-23-13-6-16-25-14-3-4-15-25/h9-12,18-20,23H,3-8,13-17H2,1-2H3. The van der Waals surface area contributed by atoms with Crippen LogP contribution in [0.4, 0.5) is 0 Å². The van der Waals surface area contributed by atoms with Gasteiger partial charge in [-0.05, 0) is 89.7 Å². The van der Waals surface area contributed by atoms with Crippen molar-refractivity contribution < 1.29 is 0 Å². The predicted octanol–water partition coefficient (Wildman–Crippen LogP) is 3.86. The van der Waals surface area contributed by atoms with Gasteiger partial charge in [0.25, 0.3) is 0 Å². The Kier molecular flexibility index (Phi) is 7.51. The number of benzene rings is 1. The lowest BCUT2D eigenvalue weighted by molar-refractivity contribution is 0.109. The van der Waals surface area contributed by atoms with Gasteiger partial charge in [-0.25, -0.2) is 0 Å². The molecule has 2 aliphatic rings. The Morgan fingerprint density at radius 1 is 1.04 bits per heavy atom. The van der Waals surface area contributed by atoms with E-state index in [2.05, 4.69) is 53.3 Å². The average Bonchev–Trinajstić information content (AvgIpc) is 3.16. The third-order valence-corrected chi connectivity index (χ3v) is 5.82. The second-order valence-corrected chi connectivity index (χ2v) is 8.07.